The third-order valence-corrected chi connectivity index (χ3v) is 4.36. The van der Waals surface area contributed by atoms with Crippen LogP contribution in [0, 0.1) is 0 Å². The van der Waals surface area contributed by atoms with Crippen LogP contribution in [0.4, 0.5) is 5.69 Å². The zero-order valence-electron chi connectivity index (χ0n) is 9.56. The molecule has 0 aliphatic heterocycles. The number of aromatic amines is 1. The maximum atomic E-state index is 12.2. The van der Waals surface area contributed by atoms with Crippen molar-refractivity contribution in [1.29, 1.82) is 0 Å². The van der Waals surface area contributed by atoms with Crippen LogP contribution in [0.25, 0.3) is 0 Å². The molecule has 1 N–H and O–H groups in total. The van der Waals surface area contributed by atoms with Crippen LogP contribution in [-0.2, 0) is 12.8 Å². The number of H-pyrrole nitrogens is 1. The van der Waals surface area contributed by atoms with Crippen LogP contribution in [0.15, 0.2) is 18.5 Å². The van der Waals surface area contributed by atoms with E-state index in [1.807, 2.05) is 6.07 Å². The minimum Gasteiger partial charge on any atom is -0.308 e. The topological polar surface area (TPSA) is 49.0 Å². The second-order valence-corrected chi connectivity index (χ2v) is 5.37. The number of thiophene rings is 1. The zero-order chi connectivity index (χ0) is 11.8. The van der Waals surface area contributed by atoms with Crippen molar-refractivity contribution in [3.63, 3.8) is 0 Å². The molecule has 0 atom stereocenters. The first-order valence-electron chi connectivity index (χ1n) is 5.64. The highest BCUT2D eigenvalue weighted by molar-refractivity contribution is 7.14. The van der Waals surface area contributed by atoms with E-state index in [0.717, 1.165) is 23.4 Å². The van der Waals surface area contributed by atoms with Gasteiger partial charge >= 0.3 is 0 Å². The van der Waals surface area contributed by atoms with Gasteiger partial charge in [0.15, 0.2) is 0 Å². The molecule has 1 aliphatic rings. The number of hydrogen-bond acceptors (Lipinski definition) is 3. The fourth-order valence-electron chi connectivity index (χ4n) is 2.14. The summed E-state index contributed by atoms with van der Waals surface area (Å²) >= 11 is 1.63. The Morgan fingerprint density at radius 3 is 3.12 bits per heavy atom. The number of amides is 1. The Kier molecular flexibility index (Phi) is 2.48. The summed E-state index contributed by atoms with van der Waals surface area (Å²) in [5.41, 5.74) is 2.16. The number of aryl methyl sites for hydroxylation is 2. The highest BCUT2D eigenvalue weighted by Crippen LogP contribution is 2.31. The van der Waals surface area contributed by atoms with Crippen molar-refractivity contribution in [3.8, 4) is 0 Å². The van der Waals surface area contributed by atoms with Crippen molar-refractivity contribution in [1.82, 2.24) is 10.2 Å². The van der Waals surface area contributed by atoms with Crippen molar-refractivity contribution in [3.05, 3.63) is 33.8 Å². The lowest BCUT2D eigenvalue weighted by atomic mass is 10.2. The van der Waals surface area contributed by atoms with Gasteiger partial charge in [-0.1, -0.05) is 0 Å². The molecule has 0 aromatic carbocycles. The highest BCUT2D eigenvalue weighted by atomic mass is 32.1. The molecule has 0 fully saturated rings. The van der Waals surface area contributed by atoms with E-state index in [0.29, 0.717) is 0 Å². The van der Waals surface area contributed by atoms with E-state index in [-0.39, 0.29) is 5.91 Å². The number of carbonyl (C=O) groups excluding carboxylic acids is 1. The molecule has 3 rings (SSSR count). The Labute approximate surface area is 103 Å². The largest absolute Gasteiger partial charge is 0.308 e. The number of rotatable bonds is 2. The summed E-state index contributed by atoms with van der Waals surface area (Å²) in [6.07, 6.45) is 6.85. The average molecular weight is 247 g/mol. The Morgan fingerprint density at radius 2 is 2.41 bits per heavy atom. The van der Waals surface area contributed by atoms with E-state index in [1.54, 1.807) is 35.7 Å². The van der Waals surface area contributed by atoms with Crippen molar-refractivity contribution < 1.29 is 4.79 Å². The number of carbonyl (C=O) groups is 1. The normalized spacial score (nSPS) is 13.7. The van der Waals surface area contributed by atoms with Gasteiger partial charge in [-0.2, -0.15) is 5.10 Å². The van der Waals surface area contributed by atoms with Crippen LogP contribution in [0.1, 0.15) is 26.5 Å². The summed E-state index contributed by atoms with van der Waals surface area (Å²) in [7, 11) is 1.78. The Bertz CT molecular complexity index is 523. The standard InChI is InChI=1S/C12H13N3OS/c1-15(9-6-13-14-7-9)12(16)11-5-8-3-2-4-10(8)17-11/h5-7H,2-4H2,1H3,(H,13,14). The van der Waals surface area contributed by atoms with E-state index in [2.05, 4.69) is 10.2 Å². The van der Waals surface area contributed by atoms with Gasteiger partial charge in [-0.05, 0) is 30.9 Å². The predicted octanol–water partition coefficient (Wildman–Crippen LogP) is 2.24. The van der Waals surface area contributed by atoms with Gasteiger partial charge in [0.25, 0.3) is 5.91 Å². The first kappa shape index (κ1) is 10.5. The molecular weight excluding hydrogens is 234 g/mol. The number of nitrogens with zero attached hydrogens (tertiary/aromatic N) is 2. The first-order valence-corrected chi connectivity index (χ1v) is 6.46. The minimum atomic E-state index is 0.0470. The van der Waals surface area contributed by atoms with Crippen LogP contribution < -0.4 is 4.90 Å². The second kappa shape index (κ2) is 4.00. The average Bonchev–Trinajstić information content (AvgIpc) is 3.01. The quantitative estimate of drug-likeness (QED) is 0.884. The van der Waals surface area contributed by atoms with Gasteiger partial charge in [-0.25, -0.2) is 0 Å². The summed E-state index contributed by atoms with van der Waals surface area (Å²) in [5.74, 6) is 0.0470. The smallest absolute Gasteiger partial charge is 0.268 e. The van der Waals surface area contributed by atoms with Crippen molar-refractivity contribution in [2.75, 3.05) is 11.9 Å². The molecule has 5 heteroatoms. The van der Waals surface area contributed by atoms with Crippen LogP contribution in [0.2, 0.25) is 0 Å². The van der Waals surface area contributed by atoms with Crippen LogP contribution >= 0.6 is 11.3 Å². The lowest BCUT2D eigenvalue weighted by molar-refractivity contribution is 0.0997. The Morgan fingerprint density at radius 1 is 1.53 bits per heavy atom. The lowest BCUT2D eigenvalue weighted by Crippen LogP contribution is -2.24. The fourth-order valence-corrected chi connectivity index (χ4v) is 3.37. The molecule has 2 aromatic heterocycles. The van der Waals surface area contributed by atoms with E-state index in [1.165, 1.54) is 16.9 Å². The molecule has 2 heterocycles. The molecule has 0 spiro atoms. The molecule has 0 radical (unpaired) electrons. The summed E-state index contributed by atoms with van der Waals surface area (Å²) in [6, 6.07) is 2.05. The summed E-state index contributed by atoms with van der Waals surface area (Å²) in [4.78, 5) is 16.1. The Balaban J connectivity index is 1.86. The van der Waals surface area contributed by atoms with Gasteiger partial charge in [-0.15, -0.1) is 11.3 Å². The van der Waals surface area contributed by atoms with Gasteiger partial charge in [0.1, 0.15) is 0 Å². The third-order valence-electron chi connectivity index (χ3n) is 3.13. The third kappa shape index (κ3) is 1.76. The van der Waals surface area contributed by atoms with Gasteiger partial charge in [0, 0.05) is 18.1 Å². The van der Waals surface area contributed by atoms with Gasteiger partial charge < -0.3 is 4.90 Å². The second-order valence-electron chi connectivity index (χ2n) is 4.23. The molecule has 1 aliphatic carbocycles. The van der Waals surface area contributed by atoms with Crippen molar-refractivity contribution >= 4 is 22.9 Å². The summed E-state index contributed by atoms with van der Waals surface area (Å²) < 4.78 is 0. The molecule has 4 nitrogen and oxygen atoms in total. The monoisotopic (exact) mass is 247 g/mol. The van der Waals surface area contributed by atoms with E-state index in [9.17, 15) is 4.79 Å². The van der Waals surface area contributed by atoms with Crippen molar-refractivity contribution in [2.45, 2.75) is 19.3 Å². The first-order chi connectivity index (χ1) is 8.25. The van der Waals surface area contributed by atoms with Gasteiger partial charge in [0.05, 0.1) is 16.8 Å². The zero-order valence-corrected chi connectivity index (χ0v) is 10.4. The molecule has 88 valence electrons. The Hall–Kier alpha value is -1.62. The van der Waals surface area contributed by atoms with Gasteiger partial charge in [0.2, 0.25) is 0 Å². The number of nitrogens with one attached hydrogen (secondary N) is 1. The molecule has 0 saturated carbocycles. The molecule has 1 amide bonds. The fraction of sp³-hybridized carbons (Fsp3) is 0.333. The predicted molar refractivity (Wildman–Crippen MR) is 67.7 cm³/mol. The highest BCUT2D eigenvalue weighted by Gasteiger charge is 2.21. The maximum absolute atomic E-state index is 12.2. The lowest BCUT2D eigenvalue weighted by Gasteiger charge is -2.13. The number of hydrogen-bond donors (Lipinski definition) is 1. The van der Waals surface area contributed by atoms with E-state index >= 15 is 0 Å². The molecule has 0 saturated heterocycles. The minimum absolute atomic E-state index is 0.0470. The van der Waals surface area contributed by atoms with E-state index in [4.69, 9.17) is 0 Å². The molecule has 0 unspecified atom stereocenters. The maximum Gasteiger partial charge on any atom is 0.268 e. The van der Waals surface area contributed by atoms with Crippen LogP contribution in [-0.4, -0.2) is 23.2 Å². The number of aromatic nitrogens is 2. The van der Waals surface area contributed by atoms with Gasteiger partial charge in [-0.3, -0.25) is 9.89 Å². The SMILES string of the molecule is CN(C(=O)c1cc2c(s1)CCC2)c1cn[nH]c1. The number of fused-ring (bicyclic) bond motifs is 1. The molecule has 2 aromatic rings. The summed E-state index contributed by atoms with van der Waals surface area (Å²) in [5, 5.41) is 6.57. The van der Waals surface area contributed by atoms with E-state index < -0.39 is 0 Å². The molecule has 0 bridgehead atoms. The van der Waals surface area contributed by atoms with Crippen LogP contribution in [0.3, 0.4) is 0 Å². The molecule has 17 heavy (non-hydrogen) atoms. The molecular formula is C12H13N3OS. The van der Waals surface area contributed by atoms with Crippen LogP contribution in [0.5, 0.6) is 0 Å². The number of anilines is 1. The van der Waals surface area contributed by atoms with Crippen molar-refractivity contribution in [2.24, 2.45) is 0 Å². The summed E-state index contributed by atoms with van der Waals surface area (Å²) in [6.45, 7) is 0.